The molecule has 0 radical (unpaired) electrons. The average Bonchev–Trinajstić information content (AvgIpc) is 2.61. The quantitative estimate of drug-likeness (QED) is 0.375. The molecule has 1 atom stereocenters. The van der Waals surface area contributed by atoms with Crippen LogP contribution in [0, 0.1) is 10.1 Å². The number of thiocarbonyl (C=S) groups is 1. The molecule has 3 rings (SSSR count). The Bertz CT molecular complexity index is 977. The monoisotopic (exact) mass is 446 g/mol. The van der Waals surface area contributed by atoms with Crippen molar-refractivity contribution in [3.05, 3.63) is 80.0 Å². The van der Waals surface area contributed by atoms with Crippen LogP contribution in [0.5, 0.6) is 0 Å². The number of benzene rings is 2. The molecule has 1 unspecified atom stereocenters. The molecular weight excluding hydrogens is 432 g/mol. The molecule has 1 heterocycles. The zero-order valence-electron chi connectivity index (χ0n) is 14.2. The second kappa shape index (κ2) is 7.85. The lowest BCUT2D eigenvalue weighted by atomic mass is 9.95. The second-order valence-electron chi connectivity index (χ2n) is 5.89. The third-order valence-corrected chi connectivity index (χ3v) is 4.72. The number of carbonyl (C=O) groups excluding carboxylic acids is 1. The van der Waals surface area contributed by atoms with Gasteiger partial charge in [0, 0.05) is 28.0 Å². The molecule has 7 nitrogen and oxygen atoms in total. The van der Waals surface area contributed by atoms with E-state index in [1.807, 2.05) is 24.3 Å². The number of nitrogens with one attached hydrogen (secondary N) is 3. The minimum Gasteiger partial charge on any atom is -0.351 e. The second-order valence-corrected chi connectivity index (χ2v) is 7.21. The highest BCUT2D eigenvalue weighted by atomic mass is 79.9. The van der Waals surface area contributed by atoms with Gasteiger partial charge in [0.2, 0.25) is 0 Å². The first-order valence-corrected chi connectivity index (χ1v) is 9.15. The lowest BCUT2D eigenvalue weighted by molar-refractivity contribution is -0.384. The van der Waals surface area contributed by atoms with Gasteiger partial charge in [-0.05, 0) is 42.9 Å². The highest BCUT2D eigenvalue weighted by Gasteiger charge is 2.30. The van der Waals surface area contributed by atoms with E-state index in [1.54, 1.807) is 13.0 Å². The van der Waals surface area contributed by atoms with Crippen LogP contribution in [-0.4, -0.2) is 15.9 Å². The molecule has 0 spiro atoms. The highest BCUT2D eigenvalue weighted by molar-refractivity contribution is 9.10. The Morgan fingerprint density at radius 1 is 1.26 bits per heavy atom. The van der Waals surface area contributed by atoms with Crippen LogP contribution >= 0.6 is 28.1 Å². The number of nitrogens with zero attached hydrogens (tertiary/aromatic N) is 1. The SMILES string of the molecule is CC1=C(C(=O)Nc2cccc([N+](=O)[O-])c2)C(c2cccc(Br)c2)NC(=S)N1. The number of anilines is 1. The normalized spacial score (nSPS) is 16.4. The van der Waals surface area contributed by atoms with Crippen molar-refractivity contribution in [2.45, 2.75) is 13.0 Å². The summed E-state index contributed by atoms with van der Waals surface area (Å²) in [5.74, 6) is -0.375. The van der Waals surface area contributed by atoms with E-state index in [4.69, 9.17) is 12.2 Å². The van der Waals surface area contributed by atoms with Crippen molar-refractivity contribution >= 4 is 50.5 Å². The fraction of sp³-hybridized carbons (Fsp3) is 0.111. The van der Waals surface area contributed by atoms with E-state index in [0.29, 0.717) is 22.1 Å². The van der Waals surface area contributed by atoms with Gasteiger partial charge in [-0.25, -0.2) is 0 Å². The molecule has 27 heavy (non-hydrogen) atoms. The van der Waals surface area contributed by atoms with E-state index in [0.717, 1.165) is 10.0 Å². The number of carbonyl (C=O) groups is 1. The third kappa shape index (κ3) is 4.32. The summed E-state index contributed by atoms with van der Waals surface area (Å²) in [6.45, 7) is 1.76. The van der Waals surface area contributed by atoms with Crippen molar-refractivity contribution in [2.75, 3.05) is 5.32 Å². The van der Waals surface area contributed by atoms with Crippen molar-refractivity contribution in [2.24, 2.45) is 0 Å². The number of allylic oxidation sites excluding steroid dienone is 1. The Balaban J connectivity index is 1.94. The van der Waals surface area contributed by atoms with Gasteiger partial charge in [-0.2, -0.15) is 0 Å². The molecule has 3 N–H and O–H groups in total. The zero-order valence-corrected chi connectivity index (χ0v) is 16.6. The third-order valence-electron chi connectivity index (χ3n) is 4.01. The maximum absolute atomic E-state index is 13.0. The maximum Gasteiger partial charge on any atom is 0.271 e. The van der Waals surface area contributed by atoms with Crippen LogP contribution in [0.15, 0.2) is 64.3 Å². The van der Waals surface area contributed by atoms with E-state index < -0.39 is 11.0 Å². The predicted molar refractivity (Wildman–Crippen MR) is 110 cm³/mol. The van der Waals surface area contributed by atoms with Crippen molar-refractivity contribution < 1.29 is 9.72 Å². The Labute approximate surface area is 169 Å². The van der Waals surface area contributed by atoms with Gasteiger partial charge in [0.15, 0.2) is 5.11 Å². The number of rotatable bonds is 4. The summed E-state index contributed by atoms with van der Waals surface area (Å²) < 4.78 is 0.877. The standard InChI is InChI=1S/C18H15BrN4O3S/c1-10-15(17(24)21-13-6-3-7-14(9-13)23(25)26)16(22-18(27)20-10)11-4-2-5-12(19)8-11/h2-9,16H,1H3,(H,21,24)(H2,20,22,27). The van der Waals surface area contributed by atoms with Crippen LogP contribution in [0.3, 0.4) is 0 Å². The van der Waals surface area contributed by atoms with Crippen molar-refractivity contribution in [3.63, 3.8) is 0 Å². The molecular formula is C18H15BrN4O3S. The first-order chi connectivity index (χ1) is 12.8. The molecule has 138 valence electrons. The number of nitro benzene ring substituents is 1. The minimum atomic E-state index is -0.507. The van der Waals surface area contributed by atoms with Crippen LogP contribution in [0.4, 0.5) is 11.4 Å². The minimum absolute atomic E-state index is 0.0943. The number of hydrogen-bond donors (Lipinski definition) is 3. The number of non-ortho nitro benzene ring substituents is 1. The summed E-state index contributed by atoms with van der Waals surface area (Å²) in [4.78, 5) is 23.4. The van der Waals surface area contributed by atoms with Gasteiger partial charge in [0.05, 0.1) is 16.5 Å². The van der Waals surface area contributed by atoms with Gasteiger partial charge < -0.3 is 16.0 Å². The molecule has 0 saturated heterocycles. The fourth-order valence-corrected chi connectivity index (χ4v) is 3.51. The molecule has 0 fully saturated rings. The topological polar surface area (TPSA) is 96.3 Å². The smallest absolute Gasteiger partial charge is 0.271 e. The van der Waals surface area contributed by atoms with E-state index >= 15 is 0 Å². The summed E-state index contributed by atoms with van der Waals surface area (Å²) >= 11 is 8.67. The first kappa shape index (κ1) is 19.0. The van der Waals surface area contributed by atoms with E-state index in [2.05, 4.69) is 31.9 Å². The van der Waals surface area contributed by atoms with E-state index in [-0.39, 0.29) is 11.6 Å². The zero-order chi connectivity index (χ0) is 19.6. The largest absolute Gasteiger partial charge is 0.351 e. The van der Waals surface area contributed by atoms with Crippen LogP contribution < -0.4 is 16.0 Å². The molecule has 0 saturated carbocycles. The molecule has 2 aromatic rings. The van der Waals surface area contributed by atoms with Crippen molar-refractivity contribution in [1.82, 2.24) is 10.6 Å². The van der Waals surface area contributed by atoms with Gasteiger partial charge in [-0.15, -0.1) is 0 Å². The van der Waals surface area contributed by atoms with Crippen LogP contribution in [-0.2, 0) is 4.79 Å². The molecule has 0 aromatic heterocycles. The number of nitro groups is 1. The average molecular weight is 447 g/mol. The van der Waals surface area contributed by atoms with Crippen LogP contribution in [0.1, 0.15) is 18.5 Å². The summed E-state index contributed by atoms with van der Waals surface area (Å²) in [6.07, 6.45) is 0. The van der Waals surface area contributed by atoms with Crippen molar-refractivity contribution in [1.29, 1.82) is 0 Å². The Hall–Kier alpha value is -2.78. The van der Waals surface area contributed by atoms with E-state index in [1.165, 1.54) is 18.2 Å². The Kier molecular flexibility index (Phi) is 5.52. The number of hydrogen-bond acceptors (Lipinski definition) is 4. The molecule has 2 aromatic carbocycles. The Morgan fingerprint density at radius 2 is 2.00 bits per heavy atom. The van der Waals surface area contributed by atoms with E-state index in [9.17, 15) is 14.9 Å². The van der Waals surface area contributed by atoms with Gasteiger partial charge in [0.1, 0.15) is 0 Å². The summed E-state index contributed by atoms with van der Waals surface area (Å²) in [6, 6.07) is 12.9. The van der Waals surface area contributed by atoms with Gasteiger partial charge in [0.25, 0.3) is 11.6 Å². The van der Waals surface area contributed by atoms with Crippen molar-refractivity contribution in [3.8, 4) is 0 Å². The lowest BCUT2D eigenvalue weighted by Crippen LogP contribution is -2.45. The predicted octanol–water partition coefficient (Wildman–Crippen LogP) is 3.79. The maximum atomic E-state index is 13.0. The molecule has 9 heteroatoms. The summed E-state index contributed by atoms with van der Waals surface area (Å²) in [7, 11) is 0. The fourth-order valence-electron chi connectivity index (χ4n) is 2.83. The summed E-state index contributed by atoms with van der Waals surface area (Å²) in [5.41, 5.74) is 2.18. The molecule has 1 amide bonds. The molecule has 0 bridgehead atoms. The van der Waals surface area contributed by atoms with Crippen LogP contribution in [0.25, 0.3) is 0 Å². The summed E-state index contributed by atoms with van der Waals surface area (Å²) in [5, 5.41) is 20.2. The van der Waals surface area contributed by atoms with Gasteiger partial charge in [-0.3, -0.25) is 14.9 Å². The molecule has 1 aliphatic heterocycles. The highest BCUT2D eigenvalue weighted by Crippen LogP contribution is 2.29. The first-order valence-electron chi connectivity index (χ1n) is 7.94. The van der Waals surface area contributed by atoms with Crippen LogP contribution in [0.2, 0.25) is 0 Å². The number of amides is 1. The van der Waals surface area contributed by atoms with Gasteiger partial charge >= 0.3 is 0 Å². The molecule has 1 aliphatic rings. The van der Waals surface area contributed by atoms with Gasteiger partial charge in [-0.1, -0.05) is 34.1 Å². The number of halogens is 1. The lowest BCUT2D eigenvalue weighted by Gasteiger charge is -2.30. The Morgan fingerprint density at radius 3 is 2.70 bits per heavy atom. The molecule has 0 aliphatic carbocycles.